The second-order valence-corrected chi connectivity index (χ2v) is 23.4. The highest BCUT2D eigenvalue weighted by Crippen LogP contribution is 2.29. The topological polar surface area (TPSA) is 52.6 Å². The van der Waals surface area contributed by atoms with Crippen molar-refractivity contribution in [3.8, 4) is 0 Å². The predicted octanol–water partition coefficient (Wildman–Crippen LogP) is 23.0. The van der Waals surface area contributed by atoms with Gasteiger partial charge in [-0.1, -0.05) is 151 Å². The van der Waals surface area contributed by atoms with E-state index in [0.29, 0.717) is 17.6 Å². The highest BCUT2D eigenvalue weighted by atomic mass is 16.5. The summed E-state index contributed by atoms with van der Waals surface area (Å²) in [6.07, 6.45) is 58.6. The highest BCUT2D eigenvalue weighted by Gasteiger charge is 2.34. The lowest BCUT2D eigenvalue weighted by Crippen LogP contribution is -2.24. The van der Waals surface area contributed by atoms with Crippen molar-refractivity contribution in [2.24, 2.45) is 0 Å². The molecular weight excluding hydrogens is 953 g/mol. The largest absolute Gasteiger partial charge is 0.489 e. The second kappa shape index (κ2) is 42.9. The normalized spacial score (nSPS) is 15.9. The summed E-state index contributed by atoms with van der Waals surface area (Å²) in [5, 5.41) is 0. The minimum atomic E-state index is -0.284. The van der Waals surface area contributed by atoms with Gasteiger partial charge in [0.15, 0.2) is 0 Å². The van der Waals surface area contributed by atoms with Crippen molar-refractivity contribution in [1.82, 2.24) is 0 Å². The van der Waals surface area contributed by atoms with Crippen LogP contribution in [0.1, 0.15) is 264 Å². The van der Waals surface area contributed by atoms with Crippen LogP contribution >= 0.6 is 0 Å². The Labute approximate surface area is 481 Å². The van der Waals surface area contributed by atoms with E-state index in [9.17, 15) is 9.59 Å². The van der Waals surface area contributed by atoms with Gasteiger partial charge < -0.3 is 9.47 Å². The van der Waals surface area contributed by atoms with E-state index in [1.807, 2.05) is 0 Å². The molecule has 1 aliphatic rings. The van der Waals surface area contributed by atoms with E-state index in [0.717, 1.165) is 128 Å². The zero-order chi connectivity index (χ0) is 58.3. The van der Waals surface area contributed by atoms with Crippen LogP contribution < -0.4 is 0 Å². The molecule has 0 atom stereocenters. The Morgan fingerprint density at radius 2 is 0.462 bits per heavy atom. The molecule has 0 heterocycles. The van der Waals surface area contributed by atoms with Crippen LogP contribution in [0.25, 0.3) is 0 Å². The molecule has 1 aliphatic carbocycles. The molecule has 0 aliphatic heterocycles. The van der Waals surface area contributed by atoms with Gasteiger partial charge in [0.2, 0.25) is 23.1 Å². The van der Waals surface area contributed by atoms with Crippen molar-refractivity contribution in [2.45, 2.75) is 264 Å². The Kier molecular flexibility index (Phi) is 39.1. The van der Waals surface area contributed by atoms with Gasteiger partial charge >= 0.3 is 0 Å². The van der Waals surface area contributed by atoms with Gasteiger partial charge in [0.1, 0.15) is 0 Å². The zero-order valence-electron chi connectivity index (χ0n) is 53.3. The fraction of sp³-hybridized carbons (Fsp3) is 0.568. The molecule has 434 valence electrons. The molecule has 0 aromatic rings. The minimum Gasteiger partial charge on any atom is -0.489 e. The lowest BCUT2D eigenvalue weighted by Gasteiger charge is -2.19. The molecule has 0 amide bonds. The molecule has 0 N–H and O–H groups in total. The molecule has 0 radical (unpaired) electrons. The Morgan fingerprint density at radius 3 is 0.654 bits per heavy atom. The molecule has 4 heteroatoms. The number of hydrogen-bond acceptors (Lipinski definition) is 4. The number of Topliss-reactive ketones (excluding diaryl/α,β-unsaturated/α-hetero) is 2. The van der Waals surface area contributed by atoms with E-state index in [1.165, 1.54) is 112 Å². The molecule has 0 bridgehead atoms. The molecule has 4 nitrogen and oxygen atoms in total. The summed E-state index contributed by atoms with van der Waals surface area (Å²) in [5.41, 5.74) is 20.0. The zero-order valence-corrected chi connectivity index (χ0v) is 53.3. The number of carbonyl (C=O) groups excluding carboxylic acids is 2. The summed E-state index contributed by atoms with van der Waals surface area (Å²) in [4.78, 5) is 25.6. The van der Waals surface area contributed by atoms with Crippen molar-refractivity contribution in [1.29, 1.82) is 0 Å². The summed E-state index contributed by atoms with van der Waals surface area (Å²) in [7, 11) is 2.78. The molecule has 0 saturated heterocycles. The maximum atomic E-state index is 12.9. The third-order valence-electron chi connectivity index (χ3n) is 15.2. The first kappa shape index (κ1) is 71.1. The van der Waals surface area contributed by atoms with Gasteiger partial charge in [0.25, 0.3) is 0 Å². The smallest absolute Gasteiger partial charge is 0.228 e. The summed E-state index contributed by atoms with van der Waals surface area (Å²) in [6.45, 7) is 33.3. The number of methoxy groups -OCH3 is 2. The van der Waals surface area contributed by atoms with Gasteiger partial charge in [-0.05, 0) is 264 Å². The molecular formula is C74H114O4. The van der Waals surface area contributed by atoms with Crippen molar-refractivity contribution >= 4 is 11.6 Å². The first-order valence-corrected chi connectivity index (χ1v) is 30.3. The maximum absolute atomic E-state index is 12.9. The number of ketones is 2. The molecule has 0 saturated carbocycles. The number of rotatable bonds is 40. The van der Waals surface area contributed by atoms with E-state index in [4.69, 9.17) is 9.47 Å². The van der Waals surface area contributed by atoms with E-state index in [-0.39, 0.29) is 23.1 Å². The average Bonchev–Trinajstić information content (AvgIpc) is 3.38. The van der Waals surface area contributed by atoms with Gasteiger partial charge in [-0.15, -0.1) is 0 Å². The molecule has 1 rings (SSSR count). The number of carbonyl (C=O) groups is 2. The molecule has 0 spiro atoms. The molecule has 0 fully saturated rings. The second-order valence-electron chi connectivity index (χ2n) is 23.4. The third kappa shape index (κ3) is 34.8. The van der Waals surface area contributed by atoms with Crippen LogP contribution in [-0.4, -0.2) is 25.8 Å². The predicted molar refractivity (Wildman–Crippen MR) is 344 cm³/mol. The van der Waals surface area contributed by atoms with Crippen LogP contribution in [-0.2, 0) is 19.1 Å². The number of allylic oxidation sites excluding steroid dienone is 28. The van der Waals surface area contributed by atoms with Crippen molar-refractivity contribution < 1.29 is 19.1 Å². The molecule has 78 heavy (non-hydrogen) atoms. The van der Waals surface area contributed by atoms with Gasteiger partial charge in [-0.25, -0.2) is 0 Å². The molecule has 0 aromatic heterocycles. The standard InChI is InChI=1S/C74H114O4/c1-56(2)30-18-31-57(3)32-19-33-58(4)34-20-35-59(5)36-21-37-60(6)38-22-39-61(7)40-23-41-62(8)42-24-43-63(9)44-25-45-64(10)46-26-47-65(11)48-27-49-66(12)50-28-51-67(13)52-29-53-68(14)54-55-70-69(15)71(75)73(77-16)74(78-17)72(70)76/h30,32,34,36,38,40,42,44,46,48,50,52,54H,18-29,31,33,35,37,39,41,43,45,47,49,51,53,55H2,1-17H3. The van der Waals surface area contributed by atoms with Crippen LogP contribution in [0.2, 0.25) is 0 Å². The summed E-state index contributed by atoms with van der Waals surface area (Å²) in [5.74, 6) is -0.573. The molecule has 0 aromatic carbocycles. The maximum Gasteiger partial charge on any atom is 0.228 e. The van der Waals surface area contributed by atoms with E-state index >= 15 is 0 Å². The third-order valence-corrected chi connectivity index (χ3v) is 15.2. The van der Waals surface area contributed by atoms with Crippen molar-refractivity contribution in [2.75, 3.05) is 14.2 Å². The first-order valence-electron chi connectivity index (χ1n) is 30.3. The van der Waals surface area contributed by atoms with E-state index < -0.39 is 0 Å². The Morgan fingerprint density at radius 1 is 0.282 bits per heavy atom. The van der Waals surface area contributed by atoms with Crippen LogP contribution in [0.15, 0.2) is 174 Å². The van der Waals surface area contributed by atoms with Crippen LogP contribution in [0.5, 0.6) is 0 Å². The Balaban J connectivity index is 2.28. The van der Waals surface area contributed by atoms with Gasteiger partial charge in [-0.3, -0.25) is 9.59 Å². The van der Waals surface area contributed by atoms with Crippen LogP contribution in [0.3, 0.4) is 0 Å². The highest BCUT2D eigenvalue weighted by molar-refractivity contribution is 6.23. The van der Waals surface area contributed by atoms with Crippen LogP contribution in [0.4, 0.5) is 0 Å². The lowest BCUT2D eigenvalue weighted by atomic mass is 9.90. The fourth-order valence-electron chi connectivity index (χ4n) is 9.54. The summed E-state index contributed by atoms with van der Waals surface area (Å²) in [6, 6.07) is 0. The monoisotopic (exact) mass is 1070 g/mol. The van der Waals surface area contributed by atoms with E-state index in [2.05, 4.69) is 176 Å². The van der Waals surface area contributed by atoms with Gasteiger partial charge in [0.05, 0.1) is 14.2 Å². The minimum absolute atomic E-state index is 0.00696. The van der Waals surface area contributed by atoms with Gasteiger partial charge in [-0.2, -0.15) is 0 Å². The number of hydrogen-bond donors (Lipinski definition) is 0. The summed E-state index contributed by atoms with van der Waals surface area (Å²) < 4.78 is 10.4. The first-order chi connectivity index (χ1) is 37.2. The Bertz CT molecular complexity index is 2350. The number of ether oxygens (including phenoxy) is 2. The quantitative estimate of drug-likeness (QED) is 0.0453. The van der Waals surface area contributed by atoms with E-state index in [1.54, 1.807) is 6.92 Å². The molecule has 0 unspecified atom stereocenters. The Hall–Kier alpha value is -4.96. The van der Waals surface area contributed by atoms with Crippen LogP contribution in [0, 0.1) is 0 Å². The summed E-state index contributed by atoms with van der Waals surface area (Å²) >= 11 is 0. The average molecular weight is 1070 g/mol. The van der Waals surface area contributed by atoms with Crippen molar-refractivity contribution in [3.05, 3.63) is 174 Å². The van der Waals surface area contributed by atoms with Crippen molar-refractivity contribution in [3.63, 3.8) is 0 Å². The lowest BCUT2D eigenvalue weighted by molar-refractivity contribution is -0.121. The SMILES string of the molecule is COC1=C(OC)C(=O)C(CC=C(C)CCC=C(C)CCC=C(C)CCC=C(C)CCC=C(C)CCC=C(C)CCC=C(C)CCC=C(C)CCC=C(C)CCC=C(C)CCC=C(C)CCC=C(C)CCC=C(C)C)=C(C)C1=O. The fourth-order valence-corrected chi connectivity index (χ4v) is 9.54. The van der Waals surface area contributed by atoms with Gasteiger partial charge in [0, 0.05) is 11.1 Å².